The lowest BCUT2D eigenvalue weighted by molar-refractivity contribution is 0.0827. The van der Waals surface area contributed by atoms with Gasteiger partial charge in [-0.1, -0.05) is 19.3 Å². The van der Waals surface area contributed by atoms with Crippen molar-refractivity contribution >= 4 is 11.7 Å². The van der Waals surface area contributed by atoms with Crippen LogP contribution in [0.5, 0.6) is 0 Å². The van der Waals surface area contributed by atoms with Crippen LogP contribution in [-0.4, -0.2) is 47.6 Å². The van der Waals surface area contributed by atoms with Gasteiger partial charge in [-0.25, -0.2) is 4.98 Å². The number of hydrogen-bond donors (Lipinski definition) is 2. The number of nitrogens with one attached hydrogen (secondary N) is 1. The minimum atomic E-state index is -0.0433. The van der Waals surface area contributed by atoms with Crippen LogP contribution in [0.4, 0.5) is 5.82 Å². The molecule has 0 saturated heterocycles. The third-order valence-electron chi connectivity index (χ3n) is 4.41. The van der Waals surface area contributed by atoms with E-state index in [1.807, 2.05) is 6.07 Å². The number of carbonyl (C=O) groups excluding carboxylic acids is 1. The van der Waals surface area contributed by atoms with E-state index in [-0.39, 0.29) is 18.6 Å². The molecule has 1 aliphatic carbocycles. The minimum Gasteiger partial charge on any atom is -0.396 e. The molecule has 5 nitrogen and oxygen atoms in total. The van der Waals surface area contributed by atoms with Gasteiger partial charge in [0.05, 0.1) is 5.56 Å². The Labute approximate surface area is 132 Å². The van der Waals surface area contributed by atoms with Gasteiger partial charge in [0.1, 0.15) is 5.82 Å². The molecular formula is C17H27N3O2. The molecule has 1 aromatic heterocycles. The maximum Gasteiger partial charge on any atom is 0.254 e. The molecule has 1 atom stereocenters. The Morgan fingerprint density at radius 3 is 2.64 bits per heavy atom. The van der Waals surface area contributed by atoms with Crippen molar-refractivity contribution in [1.82, 2.24) is 9.88 Å². The highest BCUT2D eigenvalue weighted by molar-refractivity contribution is 5.93. The van der Waals surface area contributed by atoms with Gasteiger partial charge >= 0.3 is 0 Å². The summed E-state index contributed by atoms with van der Waals surface area (Å²) in [6.07, 6.45) is 8.66. The summed E-state index contributed by atoms with van der Waals surface area (Å²) in [5, 5.41) is 12.8. The molecule has 0 unspecified atom stereocenters. The molecule has 0 bridgehead atoms. The van der Waals surface area contributed by atoms with Crippen LogP contribution in [0.1, 0.15) is 48.9 Å². The van der Waals surface area contributed by atoms with Crippen molar-refractivity contribution in [2.45, 2.75) is 44.6 Å². The van der Waals surface area contributed by atoms with Crippen LogP contribution in [0.15, 0.2) is 18.3 Å². The Kier molecular flexibility index (Phi) is 6.19. The number of amides is 1. The summed E-state index contributed by atoms with van der Waals surface area (Å²) < 4.78 is 0. The lowest BCUT2D eigenvalue weighted by Crippen LogP contribution is -2.32. The second-order valence-corrected chi connectivity index (χ2v) is 6.29. The summed E-state index contributed by atoms with van der Waals surface area (Å²) in [7, 11) is 3.46. The van der Waals surface area contributed by atoms with Gasteiger partial charge in [-0.3, -0.25) is 4.79 Å². The number of nitrogens with zero attached hydrogens (tertiary/aromatic N) is 2. The minimum absolute atomic E-state index is 0.0433. The summed E-state index contributed by atoms with van der Waals surface area (Å²) in [6, 6.07) is 3.91. The molecule has 0 aliphatic heterocycles. The molecule has 122 valence electrons. The van der Waals surface area contributed by atoms with E-state index in [1.165, 1.54) is 32.1 Å². The molecule has 22 heavy (non-hydrogen) atoms. The zero-order valence-electron chi connectivity index (χ0n) is 13.6. The van der Waals surface area contributed by atoms with Gasteiger partial charge in [-0.15, -0.1) is 0 Å². The summed E-state index contributed by atoms with van der Waals surface area (Å²) >= 11 is 0. The zero-order valence-corrected chi connectivity index (χ0v) is 13.6. The maximum absolute atomic E-state index is 11.9. The number of aliphatic hydroxyl groups is 1. The van der Waals surface area contributed by atoms with Gasteiger partial charge < -0.3 is 15.3 Å². The smallest absolute Gasteiger partial charge is 0.254 e. The van der Waals surface area contributed by atoms with E-state index in [0.29, 0.717) is 11.5 Å². The van der Waals surface area contributed by atoms with Crippen molar-refractivity contribution in [3.05, 3.63) is 23.9 Å². The first-order valence-electron chi connectivity index (χ1n) is 8.17. The number of aliphatic hydroxyl groups excluding tert-OH is 1. The number of rotatable bonds is 6. The van der Waals surface area contributed by atoms with Crippen LogP contribution in [0, 0.1) is 5.92 Å². The van der Waals surface area contributed by atoms with E-state index < -0.39 is 0 Å². The van der Waals surface area contributed by atoms with Crippen LogP contribution >= 0.6 is 0 Å². The molecule has 2 N–H and O–H groups in total. The van der Waals surface area contributed by atoms with Gasteiger partial charge in [-0.05, 0) is 37.3 Å². The first-order valence-corrected chi connectivity index (χ1v) is 8.17. The normalized spacial score (nSPS) is 17.0. The summed E-state index contributed by atoms with van der Waals surface area (Å²) in [5.41, 5.74) is 0.590. The second kappa shape index (κ2) is 8.13. The Hall–Kier alpha value is -1.62. The molecule has 1 saturated carbocycles. The monoisotopic (exact) mass is 305 g/mol. The van der Waals surface area contributed by atoms with E-state index in [4.69, 9.17) is 0 Å². The van der Waals surface area contributed by atoms with Crippen molar-refractivity contribution in [3.8, 4) is 0 Å². The highest BCUT2D eigenvalue weighted by atomic mass is 16.3. The van der Waals surface area contributed by atoms with Crippen molar-refractivity contribution in [3.63, 3.8) is 0 Å². The standard InChI is InChI=1S/C17H27N3O2/c1-20(2)17(22)14-8-9-16(18-12-14)19-15(10-11-21)13-6-4-3-5-7-13/h8-9,12-13,15,21H,3-7,10-11H2,1-2H3,(H,18,19)/t15-/m0/s1. The molecule has 1 fully saturated rings. The van der Waals surface area contributed by atoms with Crippen LogP contribution in [0.2, 0.25) is 0 Å². The van der Waals surface area contributed by atoms with Gasteiger partial charge in [0.25, 0.3) is 5.91 Å². The van der Waals surface area contributed by atoms with E-state index in [1.54, 1.807) is 31.3 Å². The fourth-order valence-corrected chi connectivity index (χ4v) is 3.16. The highest BCUT2D eigenvalue weighted by Crippen LogP contribution is 2.29. The SMILES string of the molecule is CN(C)C(=O)c1ccc(N[C@@H](CCO)C2CCCCC2)nc1. The molecule has 1 aliphatic rings. The van der Waals surface area contributed by atoms with Crippen molar-refractivity contribution in [2.24, 2.45) is 5.92 Å². The summed E-state index contributed by atoms with van der Waals surface area (Å²) in [5.74, 6) is 1.34. The summed E-state index contributed by atoms with van der Waals surface area (Å²) in [6.45, 7) is 0.186. The predicted molar refractivity (Wildman–Crippen MR) is 87.9 cm³/mol. The molecule has 5 heteroatoms. The van der Waals surface area contributed by atoms with Crippen molar-refractivity contribution in [2.75, 3.05) is 26.0 Å². The van der Waals surface area contributed by atoms with Gasteiger partial charge in [0, 0.05) is 32.9 Å². The third kappa shape index (κ3) is 4.44. The lowest BCUT2D eigenvalue weighted by Gasteiger charge is -2.31. The molecular weight excluding hydrogens is 278 g/mol. The van der Waals surface area contributed by atoms with Crippen LogP contribution in [-0.2, 0) is 0 Å². The topological polar surface area (TPSA) is 65.5 Å². The number of hydrogen-bond acceptors (Lipinski definition) is 4. The van der Waals surface area contributed by atoms with Crippen molar-refractivity contribution in [1.29, 1.82) is 0 Å². The maximum atomic E-state index is 11.9. The van der Waals surface area contributed by atoms with E-state index in [2.05, 4.69) is 10.3 Å². The molecule has 1 heterocycles. The van der Waals surface area contributed by atoms with Crippen LogP contribution in [0.25, 0.3) is 0 Å². The first kappa shape index (κ1) is 16.7. The Balaban J connectivity index is 2.01. The van der Waals surface area contributed by atoms with Crippen LogP contribution in [0.3, 0.4) is 0 Å². The number of aromatic nitrogens is 1. The average Bonchev–Trinajstić information content (AvgIpc) is 2.55. The van der Waals surface area contributed by atoms with E-state index >= 15 is 0 Å². The predicted octanol–water partition coefficient (Wildman–Crippen LogP) is 2.53. The third-order valence-corrected chi connectivity index (χ3v) is 4.41. The number of carbonyl (C=O) groups is 1. The molecule has 0 aromatic carbocycles. The first-order chi connectivity index (χ1) is 10.6. The largest absolute Gasteiger partial charge is 0.396 e. The van der Waals surface area contributed by atoms with Gasteiger partial charge in [-0.2, -0.15) is 0 Å². The highest BCUT2D eigenvalue weighted by Gasteiger charge is 2.23. The fourth-order valence-electron chi connectivity index (χ4n) is 3.16. The van der Waals surface area contributed by atoms with Gasteiger partial charge in [0.2, 0.25) is 0 Å². The van der Waals surface area contributed by atoms with Gasteiger partial charge in [0.15, 0.2) is 0 Å². The molecule has 0 spiro atoms. The second-order valence-electron chi connectivity index (χ2n) is 6.29. The fraction of sp³-hybridized carbons (Fsp3) is 0.647. The molecule has 0 radical (unpaired) electrons. The quantitative estimate of drug-likeness (QED) is 0.847. The Morgan fingerprint density at radius 2 is 2.09 bits per heavy atom. The number of pyridine rings is 1. The summed E-state index contributed by atoms with van der Waals surface area (Å²) in [4.78, 5) is 17.8. The zero-order chi connectivity index (χ0) is 15.9. The number of anilines is 1. The Bertz CT molecular complexity index is 467. The van der Waals surface area contributed by atoms with E-state index in [0.717, 1.165) is 12.2 Å². The lowest BCUT2D eigenvalue weighted by atomic mass is 9.83. The average molecular weight is 305 g/mol. The molecule has 1 aromatic rings. The Morgan fingerprint density at radius 1 is 1.36 bits per heavy atom. The van der Waals surface area contributed by atoms with Crippen molar-refractivity contribution < 1.29 is 9.90 Å². The van der Waals surface area contributed by atoms with E-state index in [9.17, 15) is 9.90 Å². The molecule has 2 rings (SSSR count). The molecule has 1 amide bonds. The van der Waals surface area contributed by atoms with Crippen LogP contribution < -0.4 is 5.32 Å².